The monoisotopic (exact) mass is 167 g/mol. The molecule has 1 atom stereocenters. The summed E-state index contributed by atoms with van der Waals surface area (Å²) in [5.41, 5.74) is 0. The molecule has 0 N–H and O–H groups in total. The molecular formula is C5H12O4P+. The van der Waals surface area contributed by atoms with Crippen LogP contribution in [-0.4, -0.2) is 26.9 Å². The average Bonchev–Trinajstić information content (AvgIpc) is 1.87. The van der Waals surface area contributed by atoms with Crippen molar-refractivity contribution < 1.29 is 18.6 Å². The molecule has 0 aromatic heterocycles. The molecule has 0 aromatic carbocycles. The smallest absolute Gasteiger partial charge is 0.328 e. The lowest BCUT2D eigenvalue weighted by atomic mass is 10.7. The normalized spacial score (nSPS) is 13.4. The molecule has 10 heavy (non-hydrogen) atoms. The predicted molar refractivity (Wildman–Crippen MR) is 37.0 cm³/mol. The first-order valence-electron chi connectivity index (χ1n) is 2.74. The van der Waals surface area contributed by atoms with E-state index >= 15 is 0 Å². The quantitative estimate of drug-likeness (QED) is 0.468. The lowest BCUT2D eigenvalue weighted by molar-refractivity contribution is -0.307. The maximum absolute atomic E-state index is 10.5. The van der Waals surface area contributed by atoms with E-state index in [1.807, 2.05) is 0 Å². The van der Waals surface area contributed by atoms with Gasteiger partial charge in [-0.05, 0) is 4.57 Å². The van der Waals surface area contributed by atoms with Gasteiger partial charge in [0, 0.05) is 21.1 Å². The highest BCUT2D eigenvalue weighted by Gasteiger charge is 2.33. The lowest BCUT2D eigenvalue weighted by Gasteiger charge is -2.18. The van der Waals surface area contributed by atoms with Crippen molar-refractivity contribution in [3.05, 3.63) is 0 Å². The van der Waals surface area contributed by atoms with Crippen LogP contribution in [-0.2, 0) is 18.6 Å². The molecule has 1 unspecified atom stereocenters. The SMILES string of the molecule is COC(C)(OC)O[P+](C)=O. The van der Waals surface area contributed by atoms with Gasteiger partial charge in [0.05, 0.1) is 0 Å². The first kappa shape index (κ1) is 9.98. The highest BCUT2D eigenvalue weighted by molar-refractivity contribution is 7.38. The van der Waals surface area contributed by atoms with Crippen molar-refractivity contribution in [2.45, 2.75) is 12.9 Å². The first-order valence-corrected chi connectivity index (χ1v) is 4.37. The van der Waals surface area contributed by atoms with Crippen LogP contribution in [0.3, 0.4) is 0 Å². The molecule has 0 rings (SSSR count). The Morgan fingerprint density at radius 2 is 1.70 bits per heavy atom. The van der Waals surface area contributed by atoms with Crippen molar-refractivity contribution in [3.63, 3.8) is 0 Å². The van der Waals surface area contributed by atoms with Crippen molar-refractivity contribution in [1.82, 2.24) is 0 Å². The van der Waals surface area contributed by atoms with Crippen LogP contribution in [0.2, 0.25) is 0 Å². The third kappa shape index (κ3) is 3.22. The number of hydrogen-bond acceptors (Lipinski definition) is 4. The molecule has 0 aliphatic heterocycles. The van der Waals surface area contributed by atoms with Gasteiger partial charge in [0.15, 0.2) is 6.66 Å². The van der Waals surface area contributed by atoms with Crippen LogP contribution in [0.25, 0.3) is 0 Å². The van der Waals surface area contributed by atoms with E-state index in [-0.39, 0.29) is 0 Å². The zero-order valence-corrected chi connectivity index (χ0v) is 7.47. The van der Waals surface area contributed by atoms with Gasteiger partial charge in [-0.1, -0.05) is 4.52 Å². The molecule has 0 radical (unpaired) electrons. The summed E-state index contributed by atoms with van der Waals surface area (Å²) >= 11 is 0. The van der Waals surface area contributed by atoms with E-state index in [1.54, 1.807) is 6.92 Å². The van der Waals surface area contributed by atoms with E-state index in [1.165, 1.54) is 20.9 Å². The Hall–Kier alpha value is -0.0200. The minimum atomic E-state index is -1.70. The predicted octanol–water partition coefficient (Wildman–Crippen LogP) is 1.34. The molecule has 0 fully saturated rings. The summed E-state index contributed by atoms with van der Waals surface area (Å²) in [6.45, 7) is 2.98. The summed E-state index contributed by atoms with van der Waals surface area (Å²) in [6.07, 6.45) is 0. The van der Waals surface area contributed by atoms with E-state index in [4.69, 9.17) is 14.0 Å². The van der Waals surface area contributed by atoms with Crippen LogP contribution >= 0.6 is 8.03 Å². The van der Waals surface area contributed by atoms with Gasteiger partial charge < -0.3 is 9.47 Å². The molecular weight excluding hydrogens is 155 g/mol. The number of methoxy groups -OCH3 is 2. The summed E-state index contributed by atoms with van der Waals surface area (Å²) in [7, 11) is 1.14. The maximum atomic E-state index is 10.5. The first-order chi connectivity index (χ1) is 4.54. The van der Waals surface area contributed by atoms with Crippen LogP contribution < -0.4 is 0 Å². The molecule has 0 bridgehead atoms. The summed E-state index contributed by atoms with van der Waals surface area (Å²) < 4.78 is 24.9. The molecule has 0 aliphatic carbocycles. The zero-order valence-electron chi connectivity index (χ0n) is 6.58. The van der Waals surface area contributed by atoms with E-state index < -0.39 is 14.0 Å². The summed E-state index contributed by atoms with van der Waals surface area (Å²) in [4.78, 5) is 0. The van der Waals surface area contributed by atoms with Crippen molar-refractivity contribution >= 4 is 8.03 Å². The summed E-state index contributed by atoms with van der Waals surface area (Å²) in [5, 5.41) is 0. The molecule has 0 saturated heterocycles. The molecule has 0 aromatic rings. The Balaban J connectivity index is 3.92. The molecule has 0 saturated carbocycles. The molecule has 0 spiro atoms. The minimum absolute atomic E-state index is 1.18. The molecule has 5 heteroatoms. The average molecular weight is 167 g/mol. The molecule has 60 valence electrons. The minimum Gasteiger partial charge on any atom is -0.328 e. The number of hydrogen-bond donors (Lipinski definition) is 0. The van der Waals surface area contributed by atoms with Gasteiger partial charge in [0.25, 0.3) is 0 Å². The van der Waals surface area contributed by atoms with Gasteiger partial charge in [-0.2, -0.15) is 0 Å². The second-order valence-electron chi connectivity index (χ2n) is 1.80. The van der Waals surface area contributed by atoms with Gasteiger partial charge in [0.2, 0.25) is 0 Å². The van der Waals surface area contributed by atoms with Crippen LogP contribution in [0.4, 0.5) is 0 Å². The number of ether oxygens (including phenoxy) is 2. The molecule has 0 amide bonds. The van der Waals surface area contributed by atoms with Crippen molar-refractivity contribution in [3.8, 4) is 0 Å². The van der Waals surface area contributed by atoms with E-state index in [0.717, 1.165) is 0 Å². The van der Waals surface area contributed by atoms with Gasteiger partial charge >= 0.3 is 14.0 Å². The van der Waals surface area contributed by atoms with Crippen LogP contribution in [0.15, 0.2) is 0 Å². The topological polar surface area (TPSA) is 44.8 Å². The van der Waals surface area contributed by atoms with E-state index in [0.29, 0.717) is 0 Å². The van der Waals surface area contributed by atoms with Gasteiger partial charge in [-0.3, -0.25) is 0 Å². The third-order valence-corrected chi connectivity index (χ3v) is 1.62. The Morgan fingerprint density at radius 1 is 1.30 bits per heavy atom. The van der Waals surface area contributed by atoms with Crippen molar-refractivity contribution in [1.29, 1.82) is 0 Å². The molecule has 0 aliphatic rings. The van der Waals surface area contributed by atoms with E-state index in [9.17, 15) is 4.57 Å². The Bertz CT molecular complexity index is 121. The van der Waals surface area contributed by atoms with Gasteiger partial charge in [-0.15, -0.1) is 0 Å². The van der Waals surface area contributed by atoms with Gasteiger partial charge in [0.1, 0.15) is 0 Å². The highest BCUT2D eigenvalue weighted by atomic mass is 31.1. The Kier molecular flexibility index (Phi) is 3.98. The fraction of sp³-hybridized carbons (Fsp3) is 1.00. The van der Waals surface area contributed by atoms with Crippen LogP contribution in [0, 0.1) is 0 Å². The highest BCUT2D eigenvalue weighted by Crippen LogP contribution is 2.26. The third-order valence-electron chi connectivity index (χ3n) is 1.04. The van der Waals surface area contributed by atoms with Gasteiger partial charge in [-0.25, -0.2) is 0 Å². The largest absolute Gasteiger partial charge is 0.510 e. The zero-order chi connectivity index (χ0) is 8.20. The van der Waals surface area contributed by atoms with Crippen molar-refractivity contribution in [2.24, 2.45) is 0 Å². The van der Waals surface area contributed by atoms with Crippen LogP contribution in [0.1, 0.15) is 6.92 Å². The summed E-state index contributed by atoms with van der Waals surface area (Å²) in [5.74, 6) is -1.18. The second-order valence-corrected chi connectivity index (χ2v) is 2.86. The molecule has 4 nitrogen and oxygen atoms in total. The standard InChI is InChI=1S/C5H12O4P/c1-5(7-2,8-3)9-10(4)6/h1-4H3/q+1. The van der Waals surface area contributed by atoms with Crippen molar-refractivity contribution in [2.75, 3.05) is 20.9 Å². The Labute approximate surface area is 61.3 Å². The second kappa shape index (κ2) is 3.98. The molecule has 0 heterocycles. The fourth-order valence-electron chi connectivity index (χ4n) is 0.391. The van der Waals surface area contributed by atoms with E-state index in [2.05, 4.69) is 0 Å². The van der Waals surface area contributed by atoms with Crippen LogP contribution in [0.5, 0.6) is 0 Å². The summed E-state index contributed by atoms with van der Waals surface area (Å²) in [6, 6.07) is 0. The fourth-order valence-corrected chi connectivity index (χ4v) is 1.01. The maximum Gasteiger partial charge on any atom is 0.510 e. The lowest BCUT2D eigenvalue weighted by Crippen LogP contribution is -2.30. The Morgan fingerprint density at radius 3 is 1.80 bits per heavy atom. The number of rotatable bonds is 4.